The maximum Gasteiger partial charge on any atom is 0.262 e. The molecule has 0 atom stereocenters. The molecule has 0 saturated heterocycles. The maximum atomic E-state index is 13.0. The summed E-state index contributed by atoms with van der Waals surface area (Å²) in [5, 5.41) is 2.74. The van der Waals surface area contributed by atoms with Gasteiger partial charge in [0.1, 0.15) is 6.61 Å². The molecule has 0 aliphatic rings. The van der Waals surface area contributed by atoms with Gasteiger partial charge in [-0.25, -0.2) is 8.42 Å². The molecule has 3 aromatic rings. The number of hydrogen-bond acceptors (Lipinski definition) is 5. The van der Waals surface area contributed by atoms with E-state index in [2.05, 4.69) is 16.6 Å². The van der Waals surface area contributed by atoms with Gasteiger partial charge in [0.25, 0.3) is 15.9 Å². The van der Waals surface area contributed by atoms with Gasteiger partial charge in [0.05, 0.1) is 12.0 Å². The molecule has 0 aromatic heterocycles. The molecule has 0 fully saturated rings. The molecule has 0 spiro atoms. The van der Waals surface area contributed by atoms with Gasteiger partial charge in [0.2, 0.25) is 0 Å². The first-order valence-electron chi connectivity index (χ1n) is 10.2. The quantitative estimate of drug-likeness (QED) is 0.436. The predicted molar refractivity (Wildman–Crippen MR) is 130 cm³/mol. The number of anilines is 2. The molecule has 3 rings (SSSR count). The zero-order chi connectivity index (χ0) is 24.0. The van der Waals surface area contributed by atoms with Crippen LogP contribution in [0.15, 0.2) is 78.2 Å². The Labute approximate surface area is 194 Å². The monoisotopic (exact) mass is 466 g/mol. The average Bonchev–Trinajstić information content (AvgIpc) is 2.78. The normalized spacial score (nSPS) is 10.9. The van der Waals surface area contributed by atoms with E-state index in [9.17, 15) is 13.2 Å². The molecule has 2 N–H and O–H groups in total. The molecule has 0 unspecified atom stereocenters. The zero-order valence-corrected chi connectivity index (χ0v) is 19.5. The summed E-state index contributed by atoms with van der Waals surface area (Å²) in [7, 11) is -2.37. The Bertz CT molecular complexity index is 1290. The van der Waals surface area contributed by atoms with E-state index in [-0.39, 0.29) is 4.90 Å². The number of benzene rings is 3. The van der Waals surface area contributed by atoms with Crippen LogP contribution in [-0.4, -0.2) is 28.0 Å². The van der Waals surface area contributed by atoms with Crippen molar-refractivity contribution in [1.82, 2.24) is 0 Å². The summed E-state index contributed by atoms with van der Waals surface area (Å²) >= 11 is 0. The maximum absolute atomic E-state index is 13.0. The van der Waals surface area contributed by atoms with Gasteiger partial charge in [-0.3, -0.25) is 9.52 Å². The van der Waals surface area contributed by atoms with E-state index < -0.39 is 15.9 Å². The van der Waals surface area contributed by atoms with Gasteiger partial charge >= 0.3 is 0 Å². The second kappa shape index (κ2) is 10.2. The molecule has 8 heteroatoms. The van der Waals surface area contributed by atoms with Crippen molar-refractivity contribution in [3.63, 3.8) is 0 Å². The van der Waals surface area contributed by atoms with Crippen LogP contribution in [0.1, 0.15) is 21.5 Å². The van der Waals surface area contributed by atoms with Crippen LogP contribution in [0.4, 0.5) is 11.4 Å². The van der Waals surface area contributed by atoms with Gasteiger partial charge in [-0.05, 0) is 67.4 Å². The third-order valence-corrected chi connectivity index (χ3v) is 6.31. The highest BCUT2D eigenvalue weighted by atomic mass is 32.2. The van der Waals surface area contributed by atoms with Crippen molar-refractivity contribution in [1.29, 1.82) is 0 Å². The first kappa shape index (κ1) is 23.9. The van der Waals surface area contributed by atoms with E-state index >= 15 is 0 Å². The third-order valence-electron chi connectivity index (χ3n) is 4.79. The number of carbonyl (C=O) groups is 1. The molecule has 3 aromatic carbocycles. The molecule has 0 radical (unpaired) electrons. The van der Waals surface area contributed by atoms with Crippen LogP contribution < -0.4 is 19.5 Å². The van der Waals surface area contributed by atoms with Crippen LogP contribution >= 0.6 is 0 Å². The number of aryl methyl sites for hydroxylation is 2. The van der Waals surface area contributed by atoms with Crippen LogP contribution in [-0.2, 0) is 10.0 Å². The standard InChI is InChI=1S/C25H26N2O5S/c1-5-13-32-22-12-10-19(15-23(22)31-4)25(28)26-20-11-9-18(3)24(16-20)33(29,30)27-21-8-6-7-17(2)14-21/h5-12,14-16,27H,1,13H2,2-4H3,(H,26,28). The van der Waals surface area contributed by atoms with Crippen molar-refractivity contribution < 1.29 is 22.7 Å². The highest BCUT2D eigenvalue weighted by Crippen LogP contribution is 2.29. The lowest BCUT2D eigenvalue weighted by atomic mass is 10.1. The number of rotatable bonds is 9. The minimum atomic E-state index is -3.85. The number of carbonyl (C=O) groups excluding carboxylic acids is 1. The van der Waals surface area contributed by atoms with Crippen LogP contribution in [0.2, 0.25) is 0 Å². The first-order chi connectivity index (χ1) is 15.7. The zero-order valence-electron chi connectivity index (χ0n) is 18.7. The topological polar surface area (TPSA) is 93.7 Å². The summed E-state index contributed by atoms with van der Waals surface area (Å²) in [5.74, 6) is 0.473. The van der Waals surface area contributed by atoms with Gasteiger partial charge in [0.15, 0.2) is 11.5 Å². The summed E-state index contributed by atoms with van der Waals surface area (Å²) in [5.41, 5.74) is 2.64. The lowest BCUT2D eigenvalue weighted by Gasteiger charge is -2.14. The van der Waals surface area contributed by atoms with E-state index in [1.165, 1.54) is 13.2 Å². The van der Waals surface area contributed by atoms with Crippen molar-refractivity contribution in [3.8, 4) is 11.5 Å². The minimum absolute atomic E-state index is 0.0764. The van der Waals surface area contributed by atoms with E-state index in [4.69, 9.17) is 9.47 Å². The number of hydrogen-bond donors (Lipinski definition) is 2. The highest BCUT2D eigenvalue weighted by molar-refractivity contribution is 7.92. The molecular weight excluding hydrogens is 440 g/mol. The molecule has 172 valence electrons. The summed E-state index contributed by atoms with van der Waals surface area (Å²) < 4.78 is 39.4. The van der Waals surface area contributed by atoms with Crippen molar-refractivity contribution >= 4 is 27.3 Å². The molecule has 0 bridgehead atoms. The van der Waals surface area contributed by atoms with Crippen molar-refractivity contribution in [2.24, 2.45) is 0 Å². The summed E-state index contributed by atoms with van der Waals surface area (Å²) in [6.45, 7) is 7.49. The molecule has 7 nitrogen and oxygen atoms in total. The molecule has 0 saturated carbocycles. The summed E-state index contributed by atoms with van der Waals surface area (Å²) in [4.78, 5) is 12.9. The SMILES string of the molecule is C=CCOc1ccc(C(=O)Nc2ccc(C)c(S(=O)(=O)Nc3cccc(C)c3)c2)cc1OC. The Morgan fingerprint density at radius 3 is 2.48 bits per heavy atom. The molecule has 0 aliphatic heterocycles. The van der Waals surface area contributed by atoms with Gasteiger partial charge < -0.3 is 14.8 Å². The van der Waals surface area contributed by atoms with Gasteiger partial charge in [-0.15, -0.1) is 0 Å². The molecular formula is C25H26N2O5S. The minimum Gasteiger partial charge on any atom is -0.493 e. The third kappa shape index (κ3) is 5.93. The number of nitrogens with one attached hydrogen (secondary N) is 2. The summed E-state index contributed by atoms with van der Waals surface area (Å²) in [6, 6.07) is 16.6. The fourth-order valence-corrected chi connectivity index (χ4v) is 4.49. The van der Waals surface area contributed by atoms with Crippen LogP contribution in [0.5, 0.6) is 11.5 Å². The smallest absolute Gasteiger partial charge is 0.262 e. The summed E-state index contributed by atoms with van der Waals surface area (Å²) in [6.07, 6.45) is 1.61. The van der Waals surface area contributed by atoms with Crippen LogP contribution in [0, 0.1) is 13.8 Å². The fraction of sp³-hybridized carbons (Fsp3) is 0.160. The number of sulfonamides is 1. The average molecular weight is 467 g/mol. The van der Waals surface area contributed by atoms with E-state index in [1.54, 1.807) is 61.5 Å². The Kier molecular flexibility index (Phi) is 7.40. The van der Waals surface area contributed by atoms with Crippen LogP contribution in [0.25, 0.3) is 0 Å². The molecule has 33 heavy (non-hydrogen) atoms. The van der Waals surface area contributed by atoms with E-state index in [0.717, 1.165) is 5.56 Å². The Morgan fingerprint density at radius 1 is 1.00 bits per heavy atom. The number of amides is 1. The van der Waals surface area contributed by atoms with Crippen molar-refractivity contribution in [2.45, 2.75) is 18.7 Å². The van der Waals surface area contributed by atoms with Crippen molar-refractivity contribution in [3.05, 3.63) is 90.0 Å². The van der Waals surface area contributed by atoms with E-state index in [0.29, 0.717) is 40.6 Å². The second-order valence-electron chi connectivity index (χ2n) is 7.37. The van der Waals surface area contributed by atoms with Crippen LogP contribution in [0.3, 0.4) is 0 Å². The van der Waals surface area contributed by atoms with Crippen molar-refractivity contribution in [2.75, 3.05) is 23.8 Å². The largest absolute Gasteiger partial charge is 0.493 e. The Hall–Kier alpha value is -3.78. The lowest BCUT2D eigenvalue weighted by Crippen LogP contribution is -2.16. The number of methoxy groups -OCH3 is 1. The Morgan fingerprint density at radius 2 is 1.79 bits per heavy atom. The number of ether oxygens (including phenoxy) is 2. The van der Waals surface area contributed by atoms with Gasteiger partial charge in [0, 0.05) is 16.9 Å². The second-order valence-corrected chi connectivity index (χ2v) is 9.03. The highest BCUT2D eigenvalue weighted by Gasteiger charge is 2.19. The molecule has 0 heterocycles. The Balaban J connectivity index is 1.83. The first-order valence-corrected chi connectivity index (χ1v) is 11.6. The predicted octanol–water partition coefficient (Wildman–Crippen LogP) is 4.93. The molecule has 0 aliphatic carbocycles. The lowest BCUT2D eigenvalue weighted by molar-refractivity contribution is 0.102. The van der Waals surface area contributed by atoms with E-state index in [1.807, 2.05) is 13.0 Å². The molecule has 1 amide bonds. The van der Waals surface area contributed by atoms with Gasteiger partial charge in [-0.2, -0.15) is 0 Å². The van der Waals surface area contributed by atoms with Gasteiger partial charge in [-0.1, -0.05) is 30.9 Å². The fourth-order valence-electron chi connectivity index (χ4n) is 3.17.